The molecule has 2 aromatic rings. The molecule has 2 heterocycles. The minimum atomic E-state index is 0.00619. The lowest BCUT2D eigenvalue weighted by molar-refractivity contribution is -0.114. The summed E-state index contributed by atoms with van der Waals surface area (Å²) in [5, 5.41) is 4.97. The Balaban J connectivity index is 0.000000305. The number of thiophene rings is 1. The highest BCUT2D eigenvalue weighted by Gasteiger charge is 2.17. The van der Waals surface area contributed by atoms with Crippen LogP contribution in [0.4, 0.5) is 11.4 Å². The number of piperazine rings is 1. The summed E-state index contributed by atoms with van der Waals surface area (Å²) in [6, 6.07) is 21.1. The highest BCUT2D eigenvalue weighted by atomic mass is 32.1. The van der Waals surface area contributed by atoms with Crippen LogP contribution < -0.4 is 10.2 Å². The standard InChI is InChI=1S/C19H25N3OS.C6H4/c1-16(23)20-18-9-15-24-19(18)8-5-10-21-11-13-22(14-12-21)17-6-3-2-4-7-17;1-2-5-4-6(5)3-1/h2-4,6-7,9,15H,5,8,10-14H2,1H3,(H,20,23);1-4H. The first kappa shape index (κ1) is 20.6. The molecule has 5 rings (SSSR count). The summed E-state index contributed by atoms with van der Waals surface area (Å²) >= 11 is 1.73. The Labute approximate surface area is 183 Å². The fourth-order valence-electron chi connectivity index (χ4n) is 3.84. The zero-order chi connectivity index (χ0) is 20.8. The number of rotatable bonds is 6. The summed E-state index contributed by atoms with van der Waals surface area (Å²) < 4.78 is 0. The fourth-order valence-corrected chi connectivity index (χ4v) is 4.72. The third kappa shape index (κ3) is 5.71. The molecule has 1 fully saturated rings. The molecule has 4 nitrogen and oxygen atoms in total. The predicted octanol–water partition coefficient (Wildman–Crippen LogP) is 5.13. The van der Waals surface area contributed by atoms with Crippen LogP contribution in [0.25, 0.3) is 11.1 Å². The average molecular weight is 420 g/mol. The van der Waals surface area contributed by atoms with Crippen molar-refractivity contribution in [2.75, 3.05) is 42.9 Å². The number of para-hydroxylation sites is 1. The molecule has 0 saturated carbocycles. The van der Waals surface area contributed by atoms with Crippen LogP contribution in [0, 0.1) is 0 Å². The summed E-state index contributed by atoms with van der Waals surface area (Å²) in [5.41, 5.74) is 5.17. The maximum atomic E-state index is 11.2. The van der Waals surface area contributed by atoms with E-state index in [1.807, 2.05) is 6.07 Å². The molecule has 2 aliphatic carbocycles. The molecular formula is C25H29N3OS. The monoisotopic (exact) mass is 419 g/mol. The minimum Gasteiger partial charge on any atom is -0.369 e. The third-order valence-electron chi connectivity index (χ3n) is 5.54. The van der Waals surface area contributed by atoms with Gasteiger partial charge in [0.2, 0.25) is 5.91 Å². The van der Waals surface area contributed by atoms with Gasteiger partial charge in [0.25, 0.3) is 0 Å². The highest BCUT2D eigenvalue weighted by molar-refractivity contribution is 7.10. The van der Waals surface area contributed by atoms with Crippen molar-refractivity contribution in [1.82, 2.24) is 4.90 Å². The van der Waals surface area contributed by atoms with Gasteiger partial charge in [0.1, 0.15) is 0 Å². The van der Waals surface area contributed by atoms with Crippen molar-refractivity contribution in [3.05, 3.63) is 70.9 Å². The molecule has 0 radical (unpaired) electrons. The largest absolute Gasteiger partial charge is 0.369 e. The normalized spacial score (nSPS) is 14.6. The number of carbonyl (C=O) groups is 1. The van der Waals surface area contributed by atoms with Crippen LogP contribution in [-0.2, 0) is 11.2 Å². The van der Waals surface area contributed by atoms with Gasteiger partial charge in [0.05, 0.1) is 5.69 Å². The molecule has 5 heteroatoms. The maximum absolute atomic E-state index is 11.2. The maximum Gasteiger partial charge on any atom is 0.221 e. The number of fused-ring (bicyclic) bond motifs is 1. The van der Waals surface area contributed by atoms with E-state index in [0.29, 0.717) is 0 Å². The lowest BCUT2D eigenvalue weighted by Gasteiger charge is -2.36. The van der Waals surface area contributed by atoms with Gasteiger partial charge in [0, 0.05) is 43.7 Å². The smallest absolute Gasteiger partial charge is 0.221 e. The van der Waals surface area contributed by atoms with Crippen molar-refractivity contribution in [1.29, 1.82) is 0 Å². The van der Waals surface area contributed by atoms with E-state index < -0.39 is 0 Å². The number of aryl methyl sites for hydroxylation is 1. The fraction of sp³-hybridized carbons (Fsp3) is 0.320. The Bertz CT molecular complexity index is 944. The van der Waals surface area contributed by atoms with Crippen LogP contribution in [-0.4, -0.2) is 43.5 Å². The molecule has 1 N–H and O–H groups in total. The number of amides is 1. The summed E-state index contributed by atoms with van der Waals surface area (Å²) in [4.78, 5) is 17.5. The summed E-state index contributed by atoms with van der Waals surface area (Å²) in [6.45, 7) is 7.13. The van der Waals surface area contributed by atoms with Crippen LogP contribution >= 0.6 is 11.3 Å². The van der Waals surface area contributed by atoms with E-state index in [2.05, 4.69) is 75.1 Å². The van der Waals surface area contributed by atoms with E-state index in [4.69, 9.17) is 0 Å². The van der Waals surface area contributed by atoms with Crippen LogP contribution in [0.15, 0.2) is 66.0 Å². The number of nitrogens with one attached hydrogen (secondary N) is 1. The second-order valence-corrected chi connectivity index (χ2v) is 8.79. The van der Waals surface area contributed by atoms with Crippen LogP contribution in [0.1, 0.15) is 18.2 Å². The van der Waals surface area contributed by atoms with E-state index in [9.17, 15) is 4.79 Å². The summed E-state index contributed by atoms with van der Waals surface area (Å²) in [5.74, 6) is 0.00619. The number of carbonyl (C=O) groups excluding carboxylic acids is 1. The zero-order valence-electron chi connectivity index (χ0n) is 17.5. The SMILES string of the molecule is CC(=O)Nc1ccsc1CCCN1CCN(c2ccccc2)CC1.c1cc2cc-2c1. The second kappa shape index (κ2) is 9.92. The number of benzene rings is 2. The van der Waals surface area contributed by atoms with Gasteiger partial charge < -0.3 is 10.2 Å². The molecule has 1 aromatic heterocycles. The van der Waals surface area contributed by atoms with Crippen molar-refractivity contribution < 1.29 is 4.79 Å². The topological polar surface area (TPSA) is 35.6 Å². The molecular weight excluding hydrogens is 390 g/mol. The Morgan fingerprint density at radius 2 is 1.70 bits per heavy atom. The lowest BCUT2D eigenvalue weighted by atomic mass is 10.2. The van der Waals surface area contributed by atoms with E-state index in [-0.39, 0.29) is 5.91 Å². The Morgan fingerprint density at radius 1 is 0.967 bits per heavy atom. The predicted molar refractivity (Wildman–Crippen MR) is 127 cm³/mol. The molecule has 0 unspecified atom stereocenters. The van der Waals surface area contributed by atoms with E-state index in [1.165, 1.54) is 21.7 Å². The molecule has 1 aliphatic heterocycles. The quantitative estimate of drug-likeness (QED) is 0.471. The molecule has 156 valence electrons. The first-order chi connectivity index (χ1) is 14.7. The van der Waals surface area contributed by atoms with E-state index >= 15 is 0 Å². The third-order valence-corrected chi connectivity index (χ3v) is 6.52. The van der Waals surface area contributed by atoms with Crippen molar-refractivity contribution in [3.63, 3.8) is 0 Å². The van der Waals surface area contributed by atoms with Gasteiger partial charge in [-0.25, -0.2) is 0 Å². The molecule has 0 bridgehead atoms. The lowest BCUT2D eigenvalue weighted by Crippen LogP contribution is -2.46. The number of hydrogen-bond donors (Lipinski definition) is 1. The molecule has 1 amide bonds. The molecule has 1 aromatic carbocycles. The summed E-state index contributed by atoms with van der Waals surface area (Å²) in [6.07, 6.45) is 2.17. The first-order valence-electron chi connectivity index (χ1n) is 10.7. The zero-order valence-corrected chi connectivity index (χ0v) is 18.3. The first-order valence-corrected chi connectivity index (χ1v) is 11.5. The van der Waals surface area contributed by atoms with Crippen molar-refractivity contribution in [2.45, 2.75) is 19.8 Å². The Kier molecular flexibility index (Phi) is 6.82. The second-order valence-electron chi connectivity index (χ2n) is 7.79. The van der Waals surface area contributed by atoms with Crippen LogP contribution in [0.2, 0.25) is 0 Å². The van der Waals surface area contributed by atoms with Crippen molar-refractivity contribution in [2.24, 2.45) is 0 Å². The Hall–Kier alpha value is -2.63. The number of hydrogen-bond acceptors (Lipinski definition) is 4. The number of nitrogens with zero attached hydrogens (tertiary/aromatic N) is 2. The summed E-state index contributed by atoms with van der Waals surface area (Å²) in [7, 11) is 0. The Morgan fingerprint density at radius 3 is 2.30 bits per heavy atom. The van der Waals surface area contributed by atoms with Gasteiger partial charge in [-0.3, -0.25) is 9.69 Å². The van der Waals surface area contributed by atoms with Crippen molar-refractivity contribution >= 4 is 28.6 Å². The minimum absolute atomic E-state index is 0.00619. The highest BCUT2D eigenvalue weighted by Crippen LogP contribution is 2.32. The van der Waals surface area contributed by atoms with Gasteiger partial charge >= 0.3 is 0 Å². The molecule has 3 aliphatic rings. The van der Waals surface area contributed by atoms with Gasteiger partial charge in [-0.05, 0) is 60.2 Å². The van der Waals surface area contributed by atoms with Gasteiger partial charge in [0.15, 0.2) is 0 Å². The van der Waals surface area contributed by atoms with Crippen molar-refractivity contribution in [3.8, 4) is 11.1 Å². The molecule has 0 spiro atoms. The van der Waals surface area contributed by atoms with Gasteiger partial charge in [-0.2, -0.15) is 0 Å². The molecule has 0 atom stereocenters. The van der Waals surface area contributed by atoms with Gasteiger partial charge in [-0.1, -0.05) is 36.4 Å². The molecule has 1 saturated heterocycles. The number of anilines is 2. The van der Waals surface area contributed by atoms with Gasteiger partial charge in [-0.15, -0.1) is 11.3 Å². The van der Waals surface area contributed by atoms with Crippen LogP contribution in [0.3, 0.4) is 0 Å². The average Bonchev–Trinajstić information content (AvgIpc) is 3.13. The van der Waals surface area contributed by atoms with E-state index in [0.717, 1.165) is 51.3 Å². The van der Waals surface area contributed by atoms with E-state index in [1.54, 1.807) is 18.3 Å². The molecule has 30 heavy (non-hydrogen) atoms. The van der Waals surface area contributed by atoms with Crippen LogP contribution in [0.5, 0.6) is 0 Å².